The van der Waals surface area contributed by atoms with Gasteiger partial charge in [-0.05, 0) is 42.8 Å². The summed E-state index contributed by atoms with van der Waals surface area (Å²) in [7, 11) is 0. The van der Waals surface area contributed by atoms with Crippen LogP contribution < -0.4 is 5.32 Å². The third-order valence-electron chi connectivity index (χ3n) is 3.58. The van der Waals surface area contributed by atoms with Gasteiger partial charge in [0.25, 0.3) is 0 Å². The van der Waals surface area contributed by atoms with E-state index < -0.39 is 0 Å². The molecule has 5 heteroatoms. The average molecular weight is 338 g/mol. The molecule has 1 atom stereocenters. The number of benzene rings is 2. The second kappa shape index (κ2) is 7.23. The number of nitrogens with one attached hydrogen (secondary N) is 1. The van der Waals surface area contributed by atoms with Crippen LogP contribution in [0.1, 0.15) is 24.2 Å². The lowest BCUT2D eigenvalue weighted by atomic mass is 10.1. The number of nitrogens with zero attached hydrogens (tertiary/aromatic N) is 2. The molecule has 0 fully saturated rings. The highest BCUT2D eigenvalue weighted by Crippen LogP contribution is 2.17. The Labute approximate surface area is 145 Å². The molecule has 0 saturated heterocycles. The molecule has 3 rings (SSSR count). The number of amides is 1. The van der Waals surface area contributed by atoms with Gasteiger partial charge in [-0.2, -0.15) is 0 Å². The molecule has 4 nitrogen and oxygen atoms in total. The normalized spacial score (nSPS) is 12.4. The van der Waals surface area contributed by atoms with Gasteiger partial charge in [-0.25, -0.2) is 4.98 Å². The molecule has 0 bridgehead atoms. The number of para-hydroxylation sites is 2. The monoisotopic (exact) mass is 337 g/mol. The molecule has 1 unspecified atom stereocenters. The summed E-state index contributed by atoms with van der Waals surface area (Å²) < 4.78 is 0. The molecule has 1 heterocycles. The smallest absolute Gasteiger partial charge is 0.244 e. The predicted octanol–water partition coefficient (Wildman–Crippen LogP) is 4.17. The van der Waals surface area contributed by atoms with Crippen LogP contribution in [0.3, 0.4) is 0 Å². The number of hydrogen-bond acceptors (Lipinski definition) is 3. The van der Waals surface area contributed by atoms with Gasteiger partial charge >= 0.3 is 0 Å². The van der Waals surface area contributed by atoms with E-state index in [4.69, 9.17) is 11.6 Å². The minimum atomic E-state index is -0.197. The molecule has 120 valence electrons. The number of carbonyl (C=O) groups excluding carboxylic acids is 1. The molecular weight excluding hydrogens is 322 g/mol. The lowest BCUT2D eigenvalue weighted by Crippen LogP contribution is -2.24. The van der Waals surface area contributed by atoms with E-state index in [9.17, 15) is 4.79 Å². The van der Waals surface area contributed by atoms with E-state index >= 15 is 0 Å². The Bertz CT molecular complexity index is 908. The zero-order valence-corrected chi connectivity index (χ0v) is 13.9. The van der Waals surface area contributed by atoms with Crippen LogP contribution in [0.2, 0.25) is 5.02 Å². The van der Waals surface area contributed by atoms with Crippen LogP contribution >= 0.6 is 11.6 Å². The quantitative estimate of drug-likeness (QED) is 0.727. The standard InChI is InChI=1S/C19H16ClN3O/c1-13(14-5-4-6-15(20)11-14)22-19(24)10-9-16-12-21-17-7-2-3-8-18(17)23-16/h2-13H,1H3,(H,22,24)/b10-9+. The summed E-state index contributed by atoms with van der Waals surface area (Å²) in [5.74, 6) is -0.197. The lowest BCUT2D eigenvalue weighted by molar-refractivity contribution is -0.117. The molecule has 0 aliphatic carbocycles. The Morgan fingerprint density at radius 2 is 1.96 bits per heavy atom. The largest absolute Gasteiger partial charge is 0.346 e. The van der Waals surface area contributed by atoms with Crippen LogP contribution in [0.4, 0.5) is 0 Å². The Morgan fingerprint density at radius 3 is 2.75 bits per heavy atom. The number of hydrogen-bond donors (Lipinski definition) is 1. The molecule has 1 aromatic heterocycles. The fourth-order valence-corrected chi connectivity index (χ4v) is 2.53. The Balaban J connectivity index is 1.68. The maximum Gasteiger partial charge on any atom is 0.244 e. The van der Waals surface area contributed by atoms with Gasteiger partial charge in [0, 0.05) is 11.1 Å². The minimum Gasteiger partial charge on any atom is -0.346 e. The van der Waals surface area contributed by atoms with Crippen molar-refractivity contribution in [1.82, 2.24) is 15.3 Å². The maximum atomic E-state index is 12.1. The van der Waals surface area contributed by atoms with E-state index in [1.165, 1.54) is 6.08 Å². The van der Waals surface area contributed by atoms with Crippen LogP contribution in [0.5, 0.6) is 0 Å². The van der Waals surface area contributed by atoms with Crippen LogP contribution in [0, 0.1) is 0 Å². The summed E-state index contributed by atoms with van der Waals surface area (Å²) in [6.45, 7) is 1.91. The zero-order valence-electron chi connectivity index (χ0n) is 13.1. The number of halogens is 1. The predicted molar refractivity (Wildman–Crippen MR) is 96.6 cm³/mol. The van der Waals surface area contributed by atoms with Crippen molar-refractivity contribution in [1.29, 1.82) is 0 Å². The summed E-state index contributed by atoms with van der Waals surface area (Å²) in [5, 5.41) is 3.55. The maximum absolute atomic E-state index is 12.1. The first-order valence-electron chi connectivity index (χ1n) is 7.57. The second-order valence-corrected chi connectivity index (χ2v) is 5.84. The van der Waals surface area contributed by atoms with Crippen LogP contribution in [-0.4, -0.2) is 15.9 Å². The Kier molecular flexibility index (Phi) is 4.87. The summed E-state index contributed by atoms with van der Waals surface area (Å²) in [6.07, 6.45) is 4.76. The summed E-state index contributed by atoms with van der Waals surface area (Å²) in [6, 6.07) is 14.9. The Morgan fingerprint density at radius 1 is 1.17 bits per heavy atom. The van der Waals surface area contributed by atoms with E-state index in [1.54, 1.807) is 18.3 Å². The van der Waals surface area contributed by atoms with E-state index in [2.05, 4.69) is 15.3 Å². The van der Waals surface area contributed by atoms with Crippen molar-refractivity contribution in [3.05, 3.63) is 77.1 Å². The molecule has 0 aliphatic heterocycles. The van der Waals surface area contributed by atoms with Gasteiger partial charge < -0.3 is 5.32 Å². The molecule has 0 spiro atoms. The number of rotatable bonds is 4. The zero-order chi connectivity index (χ0) is 16.9. The SMILES string of the molecule is CC(NC(=O)/C=C/c1cnc2ccccc2n1)c1cccc(Cl)c1. The van der Waals surface area contributed by atoms with E-state index in [-0.39, 0.29) is 11.9 Å². The van der Waals surface area contributed by atoms with Gasteiger partial charge in [-0.1, -0.05) is 35.9 Å². The topological polar surface area (TPSA) is 54.9 Å². The Hall–Kier alpha value is -2.72. The van der Waals surface area contributed by atoms with Gasteiger partial charge in [-0.15, -0.1) is 0 Å². The molecule has 2 aromatic carbocycles. The highest BCUT2D eigenvalue weighted by atomic mass is 35.5. The second-order valence-electron chi connectivity index (χ2n) is 5.40. The van der Waals surface area contributed by atoms with Crippen molar-refractivity contribution in [2.75, 3.05) is 0 Å². The van der Waals surface area contributed by atoms with Crippen molar-refractivity contribution in [3.63, 3.8) is 0 Å². The summed E-state index contributed by atoms with van der Waals surface area (Å²) >= 11 is 5.97. The minimum absolute atomic E-state index is 0.136. The highest BCUT2D eigenvalue weighted by molar-refractivity contribution is 6.30. The fourth-order valence-electron chi connectivity index (χ4n) is 2.33. The highest BCUT2D eigenvalue weighted by Gasteiger charge is 2.07. The molecule has 0 radical (unpaired) electrons. The van der Waals surface area contributed by atoms with Crippen LogP contribution in [0.15, 0.2) is 60.8 Å². The van der Waals surface area contributed by atoms with Crippen LogP contribution in [-0.2, 0) is 4.79 Å². The van der Waals surface area contributed by atoms with Gasteiger partial charge in [0.05, 0.1) is 29.0 Å². The van der Waals surface area contributed by atoms with Gasteiger partial charge in [0.15, 0.2) is 0 Å². The van der Waals surface area contributed by atoms with E-state index in [0.29, 0.717) is 10.7 Å². The van der Waals surface area contributed by atoms with Gasteiger partial charge in [0.2, 0.25) is 5.91 Å². The molecule has 24 heavy (non-hydrogen) atoms. The first kappa shape index (κ1) is 16.1. The van der Waals surface area contributed by atoms with Crippen molar-refractivity contribution in [2.45, 2.75) is 13.0 Å². The first-order chi connectivity index (χ1) is 11.6. The van der Waals surface area contributed by atoms with Crippen molar-refractivity contribution in [3.8, 4) is 0 Å². The molecule has 1 amide bonds. The first-order valence-corrected chi connectivity index (χ1v) is 7.95. The summed E-state index contributed by atoms with van der Waals surface area (Å²) in [5.41, 5.74) is 3.22. The van der Waals surface area contributed by atoms with Crippen molar-refractivity contribution >= 4 is 34.6 Å². The third-order valence-corrected chi connectivity index (χ3v) is 3.82. The molecule has 0 saturated carbocycles. The number of aromatic nitrogens is 2. The van der Waals surface area contributed by atoms with Gasteiger partial charge in [-0.3, -0.25) is 9.78 Å². The fraction of sp³-hybridized carbons (Fsp3) is 0.105. The third kappa shape index (κ3) is 3.97. The molecule has 3 aromatic rings. The lowest BCUT2D eigenvalue weighted by Gasteiger charge is -2.13. The van der Waals surface area contributed by atoms with Crippen molar-refractivity contribution < 1.29 is 4.79 Å². The number of fused-ring (bicyclic) bond motifs is 1. The number of carbonyl (C=O) groups is 1. The molecule has 1 N–H and O–H groups in total. The molecular formula is C19H16ClN3O. The van der Waals surface area contributed by atoms with Gasteiger partial charge in [0.1, 0.15) is 0 Å². The summed E-state index contributed by atoms with van der Waals surface area (Å²) in [4.78, 5) is 20.8. The average Bonchev–Trinajstić information content (AvgIpc) is 2.59. The van der Waals surface area contributed by atoms with Crippen molar-refractivity contribution in [2.24, 2.45) is 0 Å². The molecule has 0 aliphatic rings. The van der Waals surface area contributed by atoms with E-state index in [0.717, 1.165) is 16.6 Å². The van der Waals surface area contributed by atoms with E-state index in [1.807, 2.05) is 49.4 Å². The van der Waals surface area contributed by atoms with Crippen LogP contribution in [0.25, 0.3) is 17.1 Å².